The molecule has 0 amide bonds. The molecule has 0 aliphatic heterocycles. The molecule has 19 heavy (non-hydrogen) atoms. The van der Waals surface area contributed by atoms with Crippen LogP contribution in [0.2, 0.25) is 0 Å². The summed E-state index contributed by atoms with van der Waals surface area (Å²) in [6, 6.07) is 19.6. The molecule has 2 rings (SSSR count). The van der Waals surface area contributed by atoms with Gasteiger partial charge in [-0.15, -0.1) is 0 Å². The number of carbonyl (C=O) groups is 1. The number of carbonyl (C=O) groups excluding carboxylic acids is 1. The molecule has 0 aromatic heterocycles. The maximum absolute atomic E-state index is 11.2. The Bertz CT molecular complexity index is 469. The van der Waals surface area contributed by atoms with Crippen molar-refractivity contribution < 1.29 is 14.3 Å². The molecule has 0 bridgehead atoms. The molecule has 98 valence electrons. The Morgan fingerprint density at radius 3 is 1.84 bits per heavy atom. The van der Waals surface area contributed by atoms with Gasteiger partial charge in [0.15, 0.2) is 0 Å². The van der Waals surface area contributed by atoms with Gasteiger partial charge >= 0.3 is 5.97 Å². The number of benzene rings is 2. The average Bonchev–Trinajstić information content (AvgIpc) is 2.49. The van der Waals surface area contributed by atoms with Crippen molar-refractivity contribution in [2.24, 2.45) is 0 Å². The van der Waals surface area contributed by atoms with Crippen molar-refractivity contribution in [3.8, 4) is 0 Å². The monoisotopic (exact) mass is 256 g/mol. The SMILES string of the molecule is COC(=O)COC(c1ccccc1)c1ccccc1. The van der Waals surface area contributed by atoms with Gasteiger partial charge in [-0.2, -0.15) is 0 Å². The van der Waals surface area contributed by atoms with Crippen LogP contribution in [0.4, 0.5) is 0 Å². The second-order valence-electron chi connectivity index (χ2n) is 4.09. The summed E-state index contributed by atoms with van der Waals surface area (Å²) in [5.41, 5.74) is 2.02. The molecule has 0 fully saturated rings. The molecule has 3 nitrogen and oxygen atoms in total. The fourth-order valence-electron chi connectivity index (χ4n) is 1.85. The summed E-state index contributed by atoms with van der Waals surface area (Å²) in [4.78, 5) is 11.2. The van der Waals surface area contributed by atoms with Crippen LogP contribution >= 0.6 is 0 Å². The van der Waals surface area contributed by atoms with Crippen LogP contribution in [0.5, 0.6) is 0 Å². The summed E-state index contributed by atoms with van der Waals surface area (Å²) >= 11 is 0. The van der Waals surface area contributed by atoms with Gasteiger partial charge in [-0.05, 0) is 11.1 Å². The van der Waals surface area contributed by atoms with Crippen molar-refractivity contribution in [1.29, 1.82) is 0 Å². The number of rotatable bonds is 5. The number of esters is 1. The van der Waals surface area contributed by atoms with E-state index < -0.39 is 0 Å². The first-order valence-electron chi connectivity index (χ1n) is 6.09. The molecule has 0 heterocycles. The van der Waals surface area contributed by atoms with Gasteiger partial charge in [0.05, 0.1) is 7.11 Å². The Morgan fingerprint density at radius 1 is 0.947 bits per heavy atom. The lowest BCUT2D eigenvalue weighted by atomic mass is 10.0. The zero-order chi connectivity index (χ0) is 13.5. The van der Waals surface area contributed by atoms with Crippen molar-refractivity contribution in [2.45, 2.75) is 6.10 Å². The molecule has 2 aromatic rings. The third-order valence-electron chi connectivity index (χ3n) is 2.80. The van der Waals surface area contributed by atoms with Gasteiger partial charge in [0.1, 0.15) is 12.7 Å². The highest BCUT2D eigenvalue weighted by atomic mass is 16.6. The van der Waals surface area contributed by atoms with E-state index in [4.69, 9.17) is 4.74 Å². The predicted molar refractivity (Wildman–Crippen MR) is 72.7 cm³/mol. The number of hydrogen-bond acceptors (Lipinski definition) is 3. The molecule has 3 heteroatoms. The van der Waals surface area contributed by atoms with Crippen LogP contribution in [0.25, 0.3) is 0 Å². The van der Waals surface area contributed by atoms with Crippen LogP contribution in [0.1, 0.15) is 17.2 Å². The van der Waals surface area contributed by atoms with Gasteiger partial charge in [0, 0.05) is 0 Å². The topological polar surface area (TPSA) is 35.5 Å². The largest absolute Gasteiger partial charge is 0.467 e. The van der Waals surface area contributed by atoms with Gasteiger partial charge in [-0.1, -0.05) is 60.7 Å². The van der Waals surface area contributed by atoms with Gasteiger partial charge < -0.3 is 9.47 Å². The van der Waals surface area contributed by atoms with Gasteiger partial charge in [0.25, 0.3) is 0 Å². The minimum Gasteiger partial charge on any atom is -0.467 e. The highest BCUT2D eigenvalue weighted by Gasteiger charge is 2.15. The maximum Gasteiger partial charge on any atom is 0.331 e. The van der Waals surface area contributed by atoms with E-state index in [1.165, 1.54) is 7.11 Å². The van der Waals surface area contributed by atoms with E-state index in [9.17, 15) is 4.79 Å². The maximum atomic E-state index is 11.2. The standard InChI is InChI=1S/C16H16O3/c1-18-15(17)12-19-16(13-8-4-2-5-9-13)14-10-6-3-7-11-14/h2-11,16H,12H2,1H3. The first-order valence-corrected chi connectivity index (χ1v) is 6.09. The Morgan fingerprint density at radius 2 is 1.42 bits per heavy atom. The zero-order valence-corrected chi connectivity index (χ0v) is 10.8. The summed E-state index contributed by atoms with van der Waals surface area (Å²) in [6.45, 7) is -0.0645. The van der Waals surface area contributed by atoms with E-state index in [2.05, 4.69) is 4.74 Å². The lowest BCUT2D eigenvalue weighted by Crippen LogP contribution is -2.15. The van der Waals surface area contributed by atoms with Crippen molar-refractivity contribution >= 4 is 5.97 Å². The fourth-order valence-corrected chi connectivity index (χ4v) is 1.85. The lowest BCUT2D eigenvalue weighted by molar-refractivity contribution is -0.147. The normalized spacial score (nSPS) is 10.4. The van der Waals surface area contributed by atoms with E-state index >= 15 is 0 Å². The molecular weight excluding hydrogens is 240 g/mol. The lowest BCUT2D eigenvalue weighted by Gasteiger charge is -2.18. The Labute approximate surface area is 112 Å². The number of methoxy groups -OCH3 is 1. The molecule has 0 radical (unpaired) electrons. The first kappa shape index (κ1) is 13.3. The van der Waals surface area contributed by atoms with E-state index in [0.29, 0.717) is 0 Å². The third-order valence-corrected chi connectivity index (χ3v) is 2.80. The smallest absolute Gasteiger partial charge is 0.331 e. The molecule has 0 aliphatic rings. The summed E-state index contributed by atoms with van der Waals surface area (Å²) in [5.74, 6) is -0.378. The average molecular weight is 256 g/mol. The van der Waals surface area contributed by atoms with Crippen molar-refractivity contribution in [3.05, 3.63) is 71.8 Å². The van der Waals surface area contributed by atoms with E-state index in [1.54, 1.807) is 0 Å². The molecule has 2 aromatic carbocycles. The Hall–Kier alpha value is -2.13. The minimum atomic E-state index is -0.378. The van der Waals surface area contributed by atoms with Crippen molar-refractivity contribution in [1.82, 2.24) is 0 Å². The van der Waals surface area contributed by atoms with Crippen molar-refractivity contribution in [3.63, 3.8) is 0 Å². The molecule has 0 atom stereocenters. The van der Waals surface area contributed by atoms with Gasteiger partial charge in [-0.25, -0.2) is 4.79 Å². The third kappa shape index (κ3) is 3.66. The molecular formula is C16H16O3. The summed E-state index contributed by atoms with van der Waals surface area (Å²) in [5, 5.41) is 0. The van der Waals surface area contributed by atoms with Gasteiger partial charge in [-0.3, -0.25) is 0 Å². The quantitative estimate of drug-likeness (QED) is 0.771. The summed E-state index contributed by atoms with van der Waals surface area (Å²) in [7, 11) is 1.35. The van der Waals surface area contributed by atoms with Crippen molar-refractivity contribution in [2.75, 3.05) is 13.7 Å². The van der Waals surface area contributed by atoms with Crippen LogP contribution < -0.4 is 0 Å². The Balaban J connectivity index is 2.21. The molecule has 0 spiro atoms. The molecule has 0 aliphatic carbocycles. The van der Waals surface area contributed by atoms with Crippen LogP contribution in [0, 0.1) is 0 Å². The predicted octanol–water partition coefficient (Wildman–Crippen LogP) is 2.97. The zero-order valence-electron chi connectivity index (χ0n) is 10.8. The van der Waals surface area contributed by atoms with E-state index in [-0.39, 0.29) is 18.7 Å². The van der Waals surface area contributed by atoms with Crippen LogP contribution in [-0.4, -0.2) is 19.7 Å². The summed E-state index contributed by atoms with van der Waals surface area (Å²) in [6.07, 6.45) is -0.263. The van der Waals surface area contributed by atoms with Crippen LogP contribution in [0.3, 0.4) is 0 Å². The van der Waals surface area contributed by atoms with E-state index in [1.807, 2.05) is 60.7 Å². The highest BCUT2D eigenvalue weighted by molar-refractivity contribution is 5.70. The second kappa shape index (κ2) is 6.71. The van der Waals surface area contributed by atoms with E-state index in [0.717, 1.165) is 11.1 Å². The number of hydrogen-bond donors (Lipinski definition) is 0. The van der Waals surface area contributed by atoms with Crippen LogP contribution in [0.15, 0.2) is 60.7 Å². The second-order valence-corrected chi connectivity index (χ2v) is 4.09. The van der Waals surface area contributed by atoms with Gasteiger partial charge in [0.2, 0.25) is 0 Å². The molecule has 0 unspecified atom stereocenters. The Kier molecular flexibility index (Phi) is 4.70. The molecule has 0 N–H and O–H groups in total. The summed E-state index contributed by atoms with van der Waals surface area (Å²) < 4.78 is 10.3. The molecule has 0 saturated carbocycles. The minimum absolute atomic E-state index is 0.0645. The van der Waals surface area contributed by atoms with Crippen LogP contribution in [-0.2, 0) is 14.3 Å². The molecule has 0 saturated heterocycles. The number of ether oxygens (including phenoxy) is 2. The first-order chi connectivity index (χ1) is 9.31. The highest BCUT2D eigenvalue weighted by Crippen LogP contribution is 2.25. The fraction of sp³-hybridized carbons (Fsp3) is 0.188.